The van der Waals surface area contributed by atoms with Gasteiger partial charge in [0, 0.05) is 0 Å². The Balaban J connectivity index is 1.68. The van der Waals surface area contributed by atoms with Crippen LogP contribution in [-0.4, -0.2) is 0 Å². The Morgan fingerprint density at radius 2 is 1.63 bits per heavy atom. The molecule has 3 fully saturated rings. The second-order valence-electron chi connectivity index (χ2n) is 12.1. The van der Waals surface area contributed by atoms with Gasteiger partial charge in [0.05, 0.1) is 0 Å². The summed E-state index contributed by atoms with van der Waals surface area (Å²) < 4.78 is 0. The van der Waals surface area contributed by atoms with Crippen molar-refractivity contribution < 1.29 is 0 Å². The van der Waals surface area contributed by atoms with Crippen LogP contribution in [0.4, 0.5) is 0 Å². The molecule has 0 aromatic carbocycles. The minimum absolute atomic E-state index is 0.668. The number of unbranched alkanes of at least 4 members (excludes halogenated alkanes) is 1. The maximum atomic E-state index is 2.74. The summed E-state index contributed by atoms with van der Waals surface area (Å²) in [5, 5.41) is 0. The lowest BCUT2D eigenvalue weighted by atomic mass is 9.48. The Kier molecular flexibility index (Phi) is 7.06. The van der Waals surface area contributed by atoms with Crippen LogP contribution in [0.5, 0.6) is 0 Å². The first kappa shape index (κ1) is 21.7. The van der Waals surface area contributed by atoms with Crippen molar-refractivity contribution in [2.45, 2.75) is 125 Å². The highest BCUT2D eigenvalue weighted by atomic mass is 14.6. The Labute approximate surface area is 171 Å². The average molecular weight is 375 g/mol. The van der Waals surface area contributed by atoms with Crippen LogP contribution in [0.15, 0.2) is 0 Å². The first-order chi connectivity index (χ1) is 12.8. The SMILES string of the molecule is CCCCC1(C)CCCC2C3CC[C@H](C(C)CCCC(C)C)[C@@]3(C)CC[C@@H]21. The lowest BCUT2D eigenvalue weighted by Gasteiger charge is -2.57. The molecule has 0 nitrogen and oxygen atoms in total. The molecular weight excluding hydrogens is 324 g/mol. The second kappa shape index (κ2) is 8.79. The molecule has 0 aliphatic heterocycles. The van der Waals surface area contributed by atoms with Crippen LogP contribution in [0.3, 0.4) is 0 Å². The van der Waals surface area contributed by atoms with Gasteiger partial charge in [-0.2, -0.15) is 0 Å². The lowest BCUT2D eigenvalue weighted by molar-refractivity contribution is -0.0779. The molecule has 4 unspecified atom stereocenters. The summed E-state index contributed by atoms with van der Waals surface area (Å²) >= 11 is 0. The summed E-state index contributed by atoms with van der Waals surface area (Å²) in [5.74, 6) is 6.00. The molecule has 158 valence electrons. The van der Waals surface area contributed by atoms with Crippen LogP contribution in [0, 0.1) is 46.3 Å². The van der Waals surface area contributed by atoms with Crippen molar-refractivity contribution in [3.8, 4) is 0 Å². The summed E-state index contributed by atoms with van der Waals surface area (Å²) in [6.45, 7) is 15.2. The van der Waals surface area contributed by atoms with Gasteiger partial charge in [-0.1, -0.05) is 80.1 Å². The molecule has 0 bridgehead atoms. The topological polar surface area (TPSA) is 0 Å². The molecule has 0 N–H and O–H groups in total. The molecule has 0 heteroatoms. The Bertz CT molecular complexity index is 465. The average Bonchev–Trinajstić information content (AvgIpc) is 2.97. The van der Waals surface area contributed by atoms with Gasteiger partial charge in [0.15, 0.2) is 0 Å². The molecule has 27 heavy (non-hydrogen) atoms. The summed E-state index contributed by atoms with van der Waals surface area (Å²) in [7, 11) is 0. The zero-order valence-electron chi connectivity index (χ0n) is 19.7. The van der Waals surface area contributed by atoms with Gasteiger partial charge < -0.3 is 0 Å². The molecule has 7 atom stereocenters. The molecule has 0 heterocycles. The van der Waals surface area contributed by atoms with Crippen molar-refractivity contribution in [3.63, 3.8) is 0 Å². The fourth-order valence-electron chi connectivity index (χ4n) is 8.40. The molecule has 0 aromatic heterocycles. The number of hydrogen-bond donors (Lipinski definition) is 0. The van der Waals surface area contributed by atoms with Crippen molar-refractivity contribution in [2.75, 3.05) is 0 Å². The molecule has 3 aliphatic carbocycles. The Hall–Kier alpha value is 0. The molecule has 0 aromatic rings. The first-order valence-electron chi connectivity index (χ1n) is 12.8. The highest BCUT2D eigenvalue weighted by Gasteiger charge is 2.57. The summed E-state index contributed by atoms with van der Waals surface area (Å²) in [6.07, 6.45) is 19.5. The minimum atomic E-state index is 0.668. The van der Waals surface area contributed by atoms with Crippen molar-refractivity contribution in [1.82, 2.24) is 0 Å². The van der Waals surface area contributed by atoms with Gasteiger partial charge >= 0.3 is 0 Å². The van der Waals surface area contributed by atoms with Crippen LogP contribution in [0.1, 0.15) is 125 Å². The standard InChI is InChI=1S/C27H50/c1-7-8-17-26(5)18-10-13-22-24(26)16-19-27(6)23(14-15-25(22)27)21(4)12-9-11-20(2)3/h20-25H,7-19H2,1-6H3/t21?,22?,23-,24+,25?,26?,27-/m1/s1. The van der Waals surface area contributed by atoms with E-state index in [1.54, 1.807) is 32.1 Å². The molecular formula is C27H50. The van der Waals surface area contributed by atoms with Gasteiger partial charge in [0.25, 0.3) is 0 Å². The van der Waals surface area contributed by atoms with Crippen LogP contribution in [-0.2, 0) is 0 Å². The van der Waals surface area contributed by atoms with E-state index in [1.165, 1.54) is 51.4 Å². The molecule has 3 saturated carbocycles. The van der Waals surface area contributed by atoms with Crippen LogP contribution < -0.4 is 0 Å². The molecule has 0 saturated heterocycles. The summed E-state index contributed by atoms with van der Waals surface area (Å²) in [4.78, 5) is 0. The largest absolute Gasteiger partial charge is 0.0654 e. The number of rotatable bonds is 8. The van der Waals surface area contributed by atoms with Crippen LogP contribution >= 0.6 is 0 Å². The Morgan fingerprint density at radius 3 is 2.33 bits per heavy atom. The predicted molar refractivity (Wildman–Crippen MR) is 120 cm³/mol. The minimum Gasteiger partial charge on any atom is -0.0654 e. The van der Waals surface area contributed by atoms with E-state index in [4.69, 9.17) is 0 Å². The first-order valence-corrected chi connectivity index (χ1v) is 12.8. The van der Waals surface area contributed by atoms with Crippen molar-refractivity contribution in [3.05, 3.63) is 0 Å². The maximum Gasteiger partial charge on any atom is -0.0264 e. The normalized spacial score (nSPS) is 42.8. The van der Waals surface area contributed by atoms with Gasteiger partial charge in [-0.3, -0.25) is 0 Å². The van der Waals surface area contributed by atoms with E-state index in [2.05, 4.69) is 41.5 Å². The zero-order valence-corrected chi connectivity index (χ0v) is 19.7. The van der Waals surface area contributed by atoms with Gasteiger partial charge in [0.1, 0.15) is 0 Å². The van der Waals surface area contributed by atoms with E-state index >= 15 is 0 Å². The predicted octanol–water partition coefficient (Wildman–Crippen LogP) is 8.89. The summed E-state index contributed by atoms with van der Waals surface area (Å²) in [5.41, 5.74) is 1.34. The molecule has 0 spiro atoms. The van der Waals surface area contributed by atoms with Gasteiger partial charge in [-0.15, -0.1) is 0 Å². The number of hydrogen-bond acceptors (Lipinski definition) is 0. The van der Waals surface area contributed by atoms with Crippen molar-refractivity contribution in [2.24, 2.45) is 46.3 Å². The summed E-state index contributed by atoms with van der Waals surface area (Å²) in [6, 6.07) is 0. The van der Waals surface area contributed by atoms with Gasteiger partial charge in [0.2, 0.25) is 0 Å². The Morgan fingerprint density at radius 1 is 0.852 bits per heavy atom. The zero-order chi connectivity index (χ0) is 19.7. The van der Waals surface area contributed by atoms with E-state index in [1.807, 2.05) is 0 Å². The highest BCUT2D eigenvalue weighted by molar-refractivity contribution is 5.07. The quantitative estimate of drug-likeness (QED) is 0.398. The van der Waals surface area contributed by atoms with E-state index in [0.717, 1.165) is 35.5 Å². The van der Waals surface area contributed by atoms with Crippen LogP contribution in [0.25, 0.3) is 0 Å². The monoisotopic (exact) mass is 374 g/mol. The third kappa shape index (κ3) is 4.30. The third-order valence-electron chi connectivity index (χ3n) is 9.92. The lowest BCUT2D eigenvalue weighted by Crippen LogP contribution is -2.49. The van der Waals surface area contributed by atoms with E-state index in [9.17, 15) is 0 Å². The van der Waals surface area contributed by atoms with E-state index in [0.29, 0.717) is 10.8 Å². The van der Waals surface area contributed by atoms with Crippen molar-refractivity contribution in [1.29, 1.82) is 0 Å². The van der Waals surface area contributed by atoms with Gasteiger partial charge in [-0.05, 0) is 91.3 Å². The molecule has 0 amide bonds. The molecule has 3 rings (SSSR count). The second-order valence-corrected chi connectivity index (χ2v) is 12.1. The molecule has 3 aliphatic rings. The third-order valence-corrected chi connectivity index (χ3v) is 9.92. The fourth-order valence-corrected chi connectivity index (χ4v) is 8.40. The van der Waals surface area contributed by atoms with E-state index in [-0.39, 0.29) is 0 Å². The maximum absolute atomic E-state index is 2.74. The van der Waals surface area contributed by atoms with Crippen molar-refractivity contribution >= 4 is 0 Å². The van der Waals surface area contributed by atoms with Crippen LogP contribution in [0.2, 0.25) is 0 Å². The van der Waals surface area contributed by atoms with Gasteiger partial charge in [-0.25, -0.2) is 0 Å². The molecule has 0 radical (unpaired) electrons. The smallest absolute Gasteiger partial charge is 0.0264 e. The van der Waals surface area contributed by atoms with E-state index < -0.39 is 0 Å². The highest BCUT2D eigenvalue weighted by Crippen LogP contribution is 2.66. The fraction of sp³-hybridized carbons (Fsp3) is 1.00. The number of fused-ring (bicyclic) bond motifs is 3.